The lowest BCUT2D eigenvalue weighted by Gasteiger charge is -2.17. The van der Waals surface area contributed by atoms with Gasteiger partial charge in [-0.3, -0.25) is 0 Å². The molecule has 1 aromatic heterocycles. The minimum absolute atomic E-state index is 0.121. The van der Waals surface area contributed by atoms with E-state index in [9.17, 15) is 8.42 Å². The fraction of sp³-hybridized carbons (Fsp3) is 0.167. The lowest BCUT2D eigenvalue weighted by atomic mass is 10.3. The SMILES string of the molecule is CN(Cc1ccoc1)S(=O)(=O)c1ccccc1N. The molecule has 0 bridgehead atoms. The van der Waals surface area contributed by atoms with Crippen LogP contribution in [0.1, 0.15) is 5.56 Å². The molecule has 2 rings (SSSR count). The topological polar surface area (TPSA) is 76.5 Å². The number of rotatable bonds is 4. The molecule has 6 heteroatoms. The molecule has 1 heterocycles. The Hall–Kier alpha value is -1.79. The summed E-state index contributed by atoms with van der Waals surface area (Å²) < 4.78 is 30.7. The number of hydrogen-bond donors (Lipinski definition) is 1. The zero-order chi connectivity index (χ0) is 13.2. The molecule has 0 spiro atoms. The van der Waals surface area contributed by atoms with E-state index in [1.54, 1.807) is 24.3 Å². The minimum atomic E-state index is -3.58. The molecule has 0 saturated carbocycles. The van der Waals surface area contributed by atoms with Crippen molar-refractivity contribution in [2.45, 2.75) is 11.4 Å². The van der Waals surface area contributed by atoms with Crippen LogP contribution in [0.25, 0.3) is 0 Å². The first-order valence-electron chi connectivity index (χ1n) is 5.34. The van der Waals surface area contributed by atoms with Gasteiger partial charge in [0, 0.05) is 19.2 Å². The highest BCUT2D eigenvalue weighted by Crippen LogP contribution is 2.22. The molecule has 0 aliphatic rings. The van der Waals surface area contributed by atoms with Gasteiger partial charge in [0.05, 0.1) is 18.2 Å². The van der Waals surface area contributed by atoms with Crippen molar-refractivity contribution in [1.29, 1.82) is 0 Å². The number of anilines is 1. The maximum atomic E-state index is 12.3. The summed E-state index contributed by atoms with van der Waals surface area (Å²) in [6.07, 6.45) is 3.02. The number of sulfonamides is 1. The van der Waals surface area contributed by atoms with Gasteiger partial charge in [0.15, 0.2) is 0 Å². The first-order valence-corrected chi connectivity index (χ1v) is 6.78. The third-order valence-corrected chi connectivity index (χ3v) is 4.47. The van der Waals surface area contributed by atoms with Crippen molar-refractivity contribution in [1.82, 2.24) is 4.31 Å². The van der Waals surface area contributed by atoms with E-state index in [2.05, 4.69) is 0 Å². The van der Waals surface area contributed by atoms with Crippen molar-refractivity contribution in [2.75, 3.05) is 12.8 Å². The molecule has 2 N–H and O–H groups in total. The number of nitrogens with zero attached hydrogens (tertiary/aromatic N) is 1. The maximum absolute atomic E-state index is 12.3. The van der Waals surface area contributed by atoms with Crippen molar-refractivity contribution in [3.63, 3.8) is 0 Å². The van der Waals surface area contributed by atoms with Crippen molar-refractivity contribution < 1.29 is 12.8 Å². The molecule has 0 unspecified atom stereocenters. The van der Waals surface area contributed by atoms with Crippen LogP contribution in [0.15, 0.2) is 52.2 Å². The van der Waals surface area contributed by atoms with Crippen LogP contribution in [0.2, 0.25) is 0 Å². The molecule has 0 saturated heterocycles. The van der Waals surface area contributed by atoms with Crippen LogP contribution < -0.4 is 5.73 Å². The third-order valence-electron chi connectivity index (χ3n) is 2.59. The third kappa shape index (κ3) is 2.39. The Kier molecular flexibility index (Phi) is 3.40. The van der Waals surface area contributed by atoms with Crippen LogP contribution in [0.3, 0.4) is 0 Å². The van der Waals surface area contributed by atoms with E-state index in [0.29, 0.717) is 0 Å². The number of hydrogen-bond acceptors (Lipinski definition) is 4. The Labute approximate surface area is 106 Å². The van der Waals surface area contributed by atoms with Gasteiger partial charge >= 0.3 is 0 Å². The molecule has 0 amide bonds. The maximum Gasteiger partial charge on any atom is 0.245 e. The Balaban J connectivity index is 2.29. The van der Waals surface area contributed by atoms with Crippen molar-refractivity contribution in [3.8, 4) is 0 Å². The first kappa shape index (κ1) is 12.7. The molecule has 0 atom stereocenters. The highest BCUT2D eigenvalue weighted by molar-refractivity contribution is 7.89. The van der Waals surface area contributed by atoms with Gasteiger partial charge in [0.1, 0.15) is 4.90 Å². The fourth-order valence-electron chi connectivity index (χ4n) is 1.61. The van der Waals surface area contributed by atoms with Crippen molar-refractivity contribution in [2.24, 2.45) is 0 Å². The van der Waals surface area contributed by atoms with Crippen LogP contribution in [-0.2, 0) is 16.6 Å². The zero-order valence-electron chi connectivity index (χ0n) is 9.91. The first-order chi connectivity index (χ1) is 8.51. The van der Waals surface area contributed by atoms with Gasteiger partial charge in [0.2, 0.25) is 10.0 Å². The Bertz CT molecular complexity index is 621. The van der Waals surface area contributed by atoms with Crippen LogP contribution in [0.4, 0.5) is 5.69 Å². The van der Waals surface area contributed by atoms with Gasteiger partial charge < -0.3 is 10.2 Å². The molecular formula is C12H14N2O3S. The van der Waals surface area contributed by atoms with Gasteiger partial charge in [-0.15, -0.1) is 0 Å². The molecule has 0 aliphatic heterocycles. The van der Waals surface area contributed by atoms with E-state index in [4.69, 9.17) is 10.2 Å². The van der Waals surface area contributed by atoms with Crippen LogP contribution in [-0.4, -0.2) is 19.8 Å². The van der Waals surface area contributed by atoms with Crippen LogP contribution >= 0.6 is 0 Å². The zero-order valence-corrected chi connectivity index (χ0v) is 10.7. The van der Waals surface area contributed by atoms with Gasteiger partial charge in [0.25, 0.3) is 0 Å². The summed E-state index contributed by atoms with van der Waals surface area (Å²) in [5.41, 5.74) is 6.73. The summed E-state index contributed by atoms with van der Waals surface area (Å²) in [6, 6.07) is 8.13. The number of para-hydroxylation sites is 1. The van der Waals surface area contributed by atoms with Gasteiger partial charge in [-0.1, -0.05) is 12.1 Å². The molecule has 0 fully saturated rings. The van der Waals surface area contributed by atoms with E-state index in [-0.39, 0.29) is 17.1 Å². The van der Waals surface area contributed by atoms with E-state index in [1.165, 1.54) is 29.9 Å². The van der Waals surface area contributed by atoms with Crippen LogP contribution in [0.5, 0.6) is 0 Å². The van der Waals surface area contributed by atoms with Crippen molar-refractivity contribution >= 4 is 15.7 Å². The van der Waals surface area contributed by atoms with E-state index < -0.39 is 10.0 Å². The molecule has 5 nitrogen and oxygen atoms in total. The predicted octanol–water partition coefficient (Wildman–Crippen LogP) is 1.68. The Morgan fingerprint density at radius 3 is 2.61 bits per heavy atom. The molecule has 0 radical (unpaired) electrons. The second-order valence-electron chi connectivity index (χ2n) is 3.93. The molecular weight excluding hydrogens is 252 g/mol. The lowest BCUT2D eigenvalue weighted by molar-refractivity contribution is 0.463. The summed E-state index contributed by atoms with van der Waals surface area (Å²) in [7, 11) is -2.07. The van der Waals surface area contributed by atoms with E-state index in [1.807, 2.05) is 0 Å². The fourth-order valence-corrected chi connectivity index (χ4v) is 2.88. The predicted molar refractivity (Wildman–Crippen MR) is 68.2 cm³/mol. The average molecular weight is 266 g/mol. The highest BCUT2D eigenvalue weighted by Gasteiger charge is 2.23. The molecule has 96 valence electrons. The van der Waals surface area contributed by atoms with Crippen molar-refractivity contribution in [3.05, 3.63) is 48.4 Å². The summed E-state index contributed by atoms with van der Waals surface area (Å²) in [5.74, 6) is 0. The van der Waals surface area contributed by atoms with E-state index in [0.717, 1.165) is 5.56 Å². The number of furan rings is 1. The van der Waals surface area contributed by atoms with Crippen LogP contribution in [0, 0.1) is 0 Å². The largest absolute Gasteiger partial charge is 0.472 e. The number of benzene rings is 1. The Morgan fingerprint density at radius 2 is 2.00 bits per heavy atom. The minimum Gasteiger partial charge on any atom is -0.472 e. The molecule has 18 heavy (non-hydrogen) atoms. The second kappa shape index (κ2) is 4.83. The summed E-state index contributed by atoms with van der Waals surface area (Å²) in [5, 5.41) is 0. The second-order valence-corrected chi connectivity index (χ2v) is 5.94. The molecule has 2 aromatic rings. The standard InChI is InChI=1S/C12H14N2O3S/c1-14(8-10-6-7-17-9-10)18(15,16)12-5-3-2-4-11(12)13/h2-7,9H,8,13H2,1H3. The van der Waals surface area contributed by atoms with Gasteiger partial charge in [-0.25, -0.2) is 8.42 Å². The van der Waals surface area contributed by atoms with Gasteiger partial charge in [-0.2, -0.15) is 4.31 Å². The average Bonchev–Trinajstić information content (AvgIpc) is 2.82. The number of nitrogens with two attached hydrogens (primary N) is 1. The Morgan fingerprint density at radius 1 is 1.28 bits per heavy atom. The summed E-state index contributed by atoms with van der Waals surface area (Å²) >= 11 is 0. The smallest absolute Gasteiger partial charge is 0.245 e. The quantitative estimate of drug-likeness (QED) is 0.854. The normalized spacial score (nSPS) is 11.9. The van der Waals surface area contributed by atoms with Gasteiger partial charge in [-0.05, 0) is 18.2 Å². The number of nitrogen functional groups attached to an aromatic ring is 1. The monoisotopic (exact) mass is 266 g/mol. The van der Waals surface area contributed by atoms with E-state index >= 15 is 0 Å². The molecule has 0 aliphatic carbocycles. The molecule has 1 aromatic carbocycles. The lowest BCUT2D eigenvalue weighted by Crippen LogP contribution is -2.27. The summed E-state index contributed by atoms with van der Waals surface area (Å²) in [6.45, 7) is 0.243. The highest BCUT2D eigenvalue weighted by atomic mass is 32.2. The summed E-state index contributed by atoms with van der Waals surface area (Å²) in [4.78, 5) is 0.121.